The first-order valence-corrected chi connectivity index (χ1v) is 11.6. The number of amides is 1. The number of aryl methyl sites for hydroxylation is 1. The summed E-state index contributed by atoms with van der Waals surface area (Å²) >= 11 is 1.28. The molecular formula is C22H19N3O4S2. The molecule has 1 amide bonds. The summed E-state index contributed by atoms with van der Waals surface area (Å²) in [7, 11) is -2.25. The smallest absolute Gasteiger partial charge is 0.264 e. The van der Waals surface area contributed by atoms with Gasteiger partial charge in [-0.1, -0.05) is 18.2 Å². The molecule has 2 aromatic heterocycles. The molecule has 4 rings (SSSR count). The third-order valence-electron chi connectivity index (χ3n) is 4.61. The minimum atomic E-state index is -3.74. The zero-order chi connectivity index (χ0) is 22.0. The molecule has 1 N–H and O–H groups in total. The summed E-state index contributed by atoms with van der Waals surface area (Å²) in [6.07, 6.45) is 0. The largest absolute Gasteiger partial charge is 0.460 e. The summed E-state index contributed by atoms with van der Waals surface area (Å²) in [6, 6.07) is 18.2. The summed E-state index contributed by atoms with van der Waals surface area (Å²) < 4.78 is 32.4. The van der Waals surface area contributed by atoms with Gasteiger partial charge in [-0.05, 0) is 55.5 Å². The van der Waals surface area contributed by atoms with Crippen LogP contribution in [0.25, 0.3) is 11.5 Å². The number of benzene rings is 2. The molecule has 0 aliphatic carbocycles. The molecule has 0 aliphatic rings. The fourth-order valence-corrected chi connectivity index (χ4v) is 4.79. The normalized spacial score (nSPS) is 11.3. The average molecular weight is 454 g/mol. The highest BCUT2D eigenvalue weighted by atomic mass is 32.2. The van der Waals surface area contributed by atoms with Crippen LogP contribution in [0.15, 0.2) is 81.4 Å². The molecule has 0 bridgehead atoms. The zero-order valence-corrected chi connectivity index (χ0v) is 18.4. The Morgan fingerprint density at radius 2 is 1.74 bits per heavy atom. The maximum Gasteiger partial charge on any atom is 0.264 e. The van der Waals surface area contributed by atoms with Crippen molar-refractivity contribution in [2.75, 3.05) is 16.7 Å². The van der Waals surface area contributed by atoms with Crippen LogP contribution in [-0.2, 0) is 10.0 Å². The Kier molecular flexibility index (Phi) is 5.62. The van der Waals surface area contributed by atoms with Gasteiger partial charge in [0.25, 0.3) is 15.9 Å². The first-order chi connectivity index (χ1) is 14.8. The van der Waals surface area contributed by atoms with Crippen molar-refractivity contribution < 1.29 is 17.6 Å². The van der Waals surface area contributed by atoms with Crippen molar-refractivity contribution >= 4 is 38.1 Å². The van der Waals surface area contributed by atoms with Gasteiger partial charge in [-0.25, -0.2) is 13.4 Å². The summed E-state index contributed by atoms with van der Waals surface area (Å²) in [6.45, 7) is 1.85. The van der Waals surface area contributed by atoms with Gasteiger partial charge >= 0.3 is 0 Å². The Labute approximate surface area is 184 Å². The molecular weight excluding hydrogens is 434 g/mol. The fraction of sp³-hybridized carbons (Fsp3) is 0.0909. The molecule has 0 unspecified atom stereocenters. The van der Waals surface area contributed by atoms with Crippen LogP contribution in [0.1, 0.15) is 16.1 Å². The molecule has 0 atom stereocenters. The third kappa shape index (κ3) is 4.37. The molecule has 9 heteroatoms. The lowest BCUT2D eigenvalue weighted by Gasteiger charge is -2.19. The van der Waals surface area contributed by atoms with Gasteiger partial charge in [0.15, 0.2) is 10.9 Å². The number of sulfonamides is 1. The lowest BCUT2D eigenvalue weighted by molar-refractivity contribution is 0.102. The van der Waals surface area contributed by atoms with Crippen LogP contribution < -0.4 is 9.62 Å². The number of thiazole rings is 1. The van der Waals surface area contributed by atoms with Crippen molar-refractivity contribution in [1.82, 2.24) is 4.98 Å². The topological polar surface area (TPSA) is 92.5 Å². The Bertz CT molecular complexity index is 1310. The van der Waals surface area contributed by atoms with E-state index in [9.17, 15) is 13.2 Å². The van der Waals surface area contributed by atoms with Gasteiger partial charge in [-0.3, -0.25) is 14.4 Å². The molecule has 4 aromatic rings. The zero-order valence-electron chi connectivity index (χ0n) is 16.8. The number of nitrogens with zero attached hydrogens (tertiary/aromatic N) is 2. The van der Waals surface area contributed by atoms with E-state index in [1.807, 2.05) is 25.1 Å². The number of para-hydroxylation sites is 1. The lowest BCUT2D eigenvalue weighted by Crippen LogP contribution is -2.26. The number of aromatic nitrogens is 1. The molecule has 158 valence electrons. The van der Waals surface area contributed by atoms with Gasteiger partial charge in [-0.2, -0.15) is 0 Å². The molecule has 0 saturated carbocycles. The first-order valence-electron chi connectivity index (χ1n) is 9.32. The fourth-order valence-electron chi connectivity index (χ4n) is 2.90. The second-order valence-corrected chi connectivity index (χ2v) is 9.56. The minimum absolute atomic E-state index is 0.0973. The Balaban J connectivity index is 1.48. The van der Waals surface area contributed by atoms with Crippen molar-refractivity contribution in [3.8, 4) is 11.5 Å². The van der Waals surface area contributed by atoms with Gasteiger partial charge < -0.3 is 4.42 Å². The molecule has 2 aromatic carbocycles. The second kappa shape index (κ2) is 8.37. The summed E-state index contributed by atoms with van der Waals surface area (Å²) in [5.41, 5.74) is 1.52. The predicted octanol–water partition coefficient (Wildman–Crippen LogP) is 4.79. The maximum absolute atomic E-state index is 12.9. The molecule has 0 spiro atoms. The van der Waals surface area contributed by atoms with E-state index in [4.69, 9.17) is 4.42 Å². The van der Waals surface area contributed by atoms with Crippen molar-refractivity contribution in [3.63, 3.8) is 0 Å². The number of carbonyl (C=O) groups excluding carboxylic acids is 1. The number of hydrogen-bond acceptors (Lipinski definition) is 6. The van der Waals surface area contributed by atoms with Crippen LogP contribution in [0.2, 0.25) is 0 Å². The first kappa shape index (κ1) is 20.8. The number of rotatable bonds is 6. The number of nitrogens with one attached hydrogen (secondary N) is 1. The summed E-state index contributed by atoms with van der Waals surface area (Å²) in [4.78, 5) is 17.0. The molecule has 0 aliphatic heterocycles. The van der Waals surface area contributed by atoms with Crippen molar-refractivity contribution in [2.24, 2.45) is 0 Å². The van der Waals surface area contributed by atoms with Crippen LogP contribution in [0.3, 0.4) is 0 Å². The third-order valence-corrected chi connectivity index (χ3v) is 7.17. The van der Waals surface area contributed by atoms with E-state index >= 15 is 0 Å². The van der Waals surface area contributed by atoms with Gasteiger partial charge in [0.2, 0.25) is 0 Å². The highest BCUT2D eigenvalue weighted by molar-refractivity contribution is 7.92. The van der Waals surface area contributed by atoms with Gasteiger partial charge in [0.05, 0.1) is 10.6 Å². The molecule has 7 nitrogen and oxygen atoms in total. The Morgan fingerprint density at radius 3 is 2.39 bits per heavy atom. The van der Waals surface area contributed by atoms with Crippen LogP contribution in [0, 0.1) is 6.92 Å². The van der Waals surface area contributed by atoms with Crippen molar-refractivity contribution in [2.45, 2.75) is 11.8 Å². The monoisotopic (exact) mass is 453 g/mol. The highest BCUT2D eigenvalue weighted by Crippen LogP contribution is 2.27. The van der Waals surface area contributed by atoms with Crippen molar-refractivity contribution in [3.05, 3.63) is 83.4 Å². The van der Waals surface area contributed by atoms with Gasteiger partial charge in [-0.15, -0.1) is 11.3 Å². The number of carbonyl (C=O) groups is 1. The Morgan fingerprint density at radius 1 is 1.03 bits per heavy atom. The SMILES string of the molecule is Cc1ccc(-c2csc(NC(=O)c3ccc(S(=O)(=O)N(C)c4ccccc4)cc3)n2)o1. The average Bonchev–Trinajstić information content (AvgIpc) is 3.42. The maximum atomic E-state index is 12.9. The van der Waals surface area contributed by atoms with E-state index in [1.165, 1.54) is 47.0 Å². The number of furan rings is 1. The minimum Gasteiger partial charge on any atom is -0.460 e. The quantitative estimate of drug-likeness (QED) is 0.453. The lowest BCUT2D eigenvalue weighted by atomic mass is 10.2. The van der Waals surface area contributed by atoms with Crippen LogP contribution >= 0.6 is 11.3 Å². The summed E-state index contributed by atoms with van der Waals surface area (Å²) in [5.74, 6) is 1.03. The van der Waals surface area contributed by atoms with Gasteiger partial charge in [0, 0.05) is 18.0 Å². The van der Waals surface area contributed by atoms with Gasteiger partial charge in [0.1, 0.15) is 11.5 Å². The van der Waals surface area contributed by atoms with E-state index in [2.05, 4.69) is 10.3 Å². The van der Waals surface area contributed by atoms with Crippen LogP contribution in [0.5, 0.6) is 0 Å². The van der Waals surface area contributed by atoms with E-state index in [0.717, 1.165) is 5.76 Å². The standard InChI is InChI=1S/C22H19N3O4S2/c1-15-8-13-20(29-15)19-14-30-22(23-19)24-21(26)16-9-11-18(12-10-16)31(27,28)25(2)17-6-4-3-5-7-17/h3-14H,1-2H3,(H,23,24,26). The molecule has 0 radical (unpaired) electrons. The molecule has 0 saturated heterocycles. The Hall–Kier alpha value is -3.43. The molecule has 2 heterocycles. The molecule has 31 heavy (non-hydrogen) atoms. The number of hydrogen-bond donors (Lipinski definition) is 1. The van der Waals surface area contributed by atoms with E-state index in [0.29, 0.717) is 27.8 Å². The van der Waals surface area contributed by atoms with Crippen LogP contribution in [-0.4, -0.2) is 26.4 Å². The van der Waals surface area contributed by atoms with E-state index in [1.54, 1.807) is 29.6 Å². The summed E-state index contributed by atoms with van der Waals surface area (Å²) in [5, 5.41) is 4.95. The van der Waals surface area contributed by atoms with Crippen molar-refractivity contribution in [1.29, 1.82) is 0 Å². The van der Waals surface area contributed by atoms with E-state index < -0.39 is 10.0 Å². The highest BCUT2D eigenvalue weighted by Gasteiger charge is 2.21. The number of anilines is 2. The van der Waals surface area contributed by atoms with Crippen LogP contribution in [0.4, 0.5) is 10.8 Å². The predicted molar refractivity (Wildman–Crippen MR) is 121 cm³/mol. The molecule has 0 fully saturated rings. The second-order valence-electron chi connectivity index (χ2n) is 6.73. The van der Waals surface area contributed by atoms with E-state index in [-0.39, 0.29) is 10.8 Å².